The van der Waals surface area contributed by atoms with E-state index in [1.54, 1.807) is 11.3 Å². The van der Waals surface area contributed by atoms with Gasteiger partial charge in [0.25, 0.3) is 0 Å². The molecule has 3 nitrogen and oxygen atoms in total. The maximum absolute atomic E-state index is 5.75. The Morgan fingerprint density at radius 1 is 1.33 bits per heavy atom. The third-order valence-electron chi connectivity index (χ3n) is 3.36. The Morgan fingerprint density at radius 3 is 2.50 bits per heavy atom. The fourth-order valence-electron chi connectivity index (χ4n) is 2.39. The number of hydrogen-bond acceptors (Lipinski definition) is 4. The standard InChI is InChI=1S/C13H21N3S2/c1-2-10-12(13(14)17)18-11(15-10)9-16-7-5-3-4-6-8-16/h2-9H2,1H3,(H2,14,17). The maximum Gasteiger partial charge on any atom is 0.116 e. The van der Waals surface area contributed by atoms with E-state index in [2.05, 4.69) is 16.8 Å². The predicted molar refractivity (Wildman–Crippen MR) is 81.1 cm³/mol. The zero-order valence-electron chi connectivity index (χ0n) is 10.9. The summed E-state index contributed by atoms with van der Waals surface area (Å²) >= 11 is 6.76. The number of rotatable bonds is 4. The molecule has 18 heavy (non-hydrogen) atoms. The third-order valence-corrected chi connectivity index (χ3v) is 4.81. The lowest BCUT2D eigenvalue weighted by Crippen LogP contribution is -2.23. The molecule has 0 saturated carbocycles. The molecule has 0 amide bonds. The molecular weight excluding hydrogens is 262 g/mol. The number of nitrogens with zero attached hydrogens (tertiary/aromatic N) is 2. The summed E-state index contributed by atoms with van der Waals surface area (Å²) in [6, 6.07) is 0. The van der Waals surface area contributed by atoms with Gasteiger partial charge in [-0.25, -0.2) is 4.98 Å². The van der Waals surface area contributed by atoms with Gasteiger partial charge in [0.2, 0.25) is 0 Å². The number of likely N-dealkylation sites (tertiary alicyclic amines) is 1. The van der Waals surface area contributed by atoms with Gasteiger partial charge in [0.15, 0.2) is 0 Å². The van der Waals surface area contributed by atoms with Crippen LogP contribution in [0.25, 0.3) is 0 Å². The lowest BCUT2D eigenvalue weighted by molar-refractivity contribution is 0.276. The van der Waals surface area contributed by atoms with Gasteiger partial charge in [0, 0.05) is 0 Å². The summed E-state index contributed by atoms with van der Waals surface area (Å²) in [6.45, 7) is 5.46. The van der Waals surface area contributed by atoms with Gasteiger partial charge in [-0.1, -0.05) is 32.0 Å². The number of thiocarbonyl (C=S) groups is 1. The summed E-state index contributed by atoms with van der Waals surface area (Å²) in [7, 11) is 0. The minimum absolute atomic E-state index is 0.492. The van der Waals surface area contributed by atoms with E-state index in [1.807, 2.05) is 0 Å². The van der Waals surface area contributed by atoms with Gasteiger partial charge >= 0.3 is 0 Å². The summed E-state index contributed by atoms with van der Waals surface area (Å²) in [6.07, 6.45) is 6.27. The van der Waals surface area contributed by atoms with Crippen LogP contribution in [0.3, 0.4) is 0 Å². The maximum atomic E-state index is 5.75. The number of hydrogen-bond donors (Lipinski definition) is 1. The van der Waals surface area contributed by atoms with E-state index in [-0.39, 0.29) is 0 Å². The minimum atomic E-state index is 0.492. The fraction of sp³-hybridized carbons (Fsp3) is 0.692. The summed E-state index contributed by atoms with van der Waals surface area (Å²) in [4.78, 5) is 8.70. The van der Waals surface area contributed by atoms with Crippen molar-refractivity contribution in [3.8, 4) is 0 Å². The first-order valence-electron chi connectivity index (χ1n) is 6.71. The Hall–Kier alpha value is -0.520. The third kappa shape index (κ3) is 3.49. The van der Waals surface area contributed by atoms with Crippen molar-refractivity contribution in [1.29, 1.82) is 0 Å². The SMILES string of the molecule is CCc1nc(CN2CCCCCC2)sc1C(N)=S. The monoisotopic (exact) mass is 283 g/mol. The quantitative estimate of drug-likeness (QED) is 0.863. The summed E-state index contributed by atoms with van der Waals surface area (Å²) < 4.78 is 0. The van der Waals surface area contributed by atoms with Gasteiger partial charge in [-0.05, 0) is 32.4 Å². The van der Waals surface area contributed by atoms with Crippen molar-refractivity contribution in [2.45, 2.75) is 45.6 Å². The van der Waals surface area contributed by atoms with Crippen LogP contribution in [0.5, 0.6) is 0 Å². The molecular formula is C13H21N3S2. The summed E-state index contributed by atoms with van der Waals surface area (Å²) in [5.74, 6) is 0. The Bertz CT molecular complexity index is 406. The molecule has 100 valence electrons. The Kier molecular flexibility index (Phi) is 5.09. The molecule has 0 bridgehead atoms. The molecule has 1 aliphatic rings. The molecule has 0 unspecified atom stereocenters. The average Bonchev–Trinajstić information content (AvgIpc) is 2.58. The van der Waals surface area contributed by atoms with Crippen molar-refractivity contribution < 1.29 is 0 Å². The predicted octanol–water partition coefficient (Wildman–Crippen LogP) is 2.72. The molecule has 2 heterocycles. The first kappa shape index (κ1) is 13.9. The first-order valence-corrected chi connectivity index (χ1v) is 7.94. The highest BCUT2D eigenvalue weighted by Crippen LogP contribution is 2.22. The van der Waals surface area contributed by atoms with Crippen molar-refractivity contribution in [1.82, 2.24) is 9.88 Å². The van der Waals surface area contributed by atoms with Crippen molar-refractivity contribution in [2.75, 3.05) is 13.1 Å². The molecule has 2 N–H and O–H groups in total. The molecule has 2 rings (SSSR count). The summed E-state index contributed by atoms with van der Waals surface area (Å²) in [5.41, 5.74) is 6.82. The van der Waals surface area contributed by atoms with E-state index in [4.69, 9.17) is 18.0 Å². The van der Waals surface area contributed by atoms with Gasteiger partial charge < -0.3 is 5.73 Å². The van der Waals surface area contributed by atoms with E-state index in [9.17, 15) is 0 Å². The van der Waals surface area contributed by atoms with E-state index in [0.717, 1.165) is 28.5 Å². The second kappa shape index (κ2) is 6.59. The number of aromatic nitrogens is 1. The molecule has 0 radical (unpaired) electrons. The van der Waals surface area contributed by atoms with Crippen molar-refractivity contribution in [3.63, 3.8) is 0 Å². The van der Waals surface area contributed by atoms with Crippen LogP contribution in [0.1, 0.15) is 48.2 Å². The molecule has 1 saturated heterocycles. The van der Waals surface area contributed by atoms with Crippen LogP contribution in [0, 0.1) is 0 Å². The van der Waals surface area contributed by atoms with Crippen LogP contribution in [-0.2, 0) is 13.0 Å². The van der Waals surface area contributed by atoms with E-state index in [0.29, 0.717) is 4.99 Å². The fourth-order valence-corrected chi connectivity index (χ4v) is 3.68. The number of aryl methyl sites for hydroxylation is 1. The van der Waals surface area contributed by atoms with Crippen LogP contribution in [0.2, 0.25) is 0 Å². The Labute approximate surface area is 118 Å². The van der Waals surface area contributed by atoms with Crippen molar-refractivity contribution in [2.24, 2.45) is 5.73 Å². The van der Waals surface area contributed by atoms with E-state index >= 15 is 0 Å². The Morgan fingerprint density at radius 2 is 2.00 bits per heavy atom. The molecule has 0 atom stereocenters. The lowest BCUT2D eigenvalue weighted by Gasteiger charge is -2.17. The topological polar surface area (TPSA) is 42.2 Å². The lowest BCUT2D eigenvalue weighted by atomic mass is 10.2. The van der Waals surface area contributed by atoms with Crippen LogP contribution < -0.4 is 5.73 Å². The minimum Gasteiger partial charge on any atom is -0.389 e. The molecule has 0 aromatic carbocycles. The van der Waals surface area contributed by atoms with E-state index in [1.165, 1.54) is 38.8 Å². The normalized spacial score (nSPS) is 17.6. The van der Waals surface area contributed by atoms with Gasteiger partial charge in [-0.2, -0.15) is 0 Å². The van der Waals surface area contributed by atoms with Crippen LogP contribution >= 0.6 is 23.6 Å². The first-order chi connectivity index (χ1) is 8.70. The van der Waals surface area contributed by atoms with Crippen LogP contribution in [-0.4, -0.2) is 28.0 Å². The van der Waals surface area contributed by atoms with E-state index < -0.39 is 0 Å². The molecule has 1 aromatic heterocycles. The molecule has 1 aromatic rings. The van der Waals surface area contributed by atoms with Crippen LogP contribution in [0.15, 0.2) is 0 Å². The molecule has 5 heteroatoms. The van der Waals surface area contributed by atoms with Gasteiger partial charge in [-0.15, -0.1) is 11.3 Å². The highest BCUT2D eigenvalue weighted by molar-refractivity contribution is 7.81. The molecule has 1 fully saturated rings. The van der Waals surface area contributed by atoms with Gasteiger partial charge in [0.1, 0.15) is 10.00 Å². The summed E-state index contributed by atoms with van der Waals surface area (Å²) in [5, 5.41) is 1.16. The second-order valence-corrected chi connectivity index (χ2v) is 6.32. The number of thiazole rings is 1. The highest BCUT2D eigenvalue weighted by atomic mass is 32.1. The Balaban J connectivity index is 2.06. The van der Waals surface area contributed by atoms with Gasteiger partial charge in [0.05, 0.1) is 17.1 Å². The zero-order valence-corrected chi connectivity index (χ0v) is 12.6. The highest BCUT2D eigenvalue weighted by Gasteiger charge is 2.15. The second-order valence-electron chi connectivity index (χ2n) is 4.79. The molecule has 1 aliphatic heterocycles. The largest absolute Gasteiger partial charge is 0.389 e. The smallest absolute Gasteiger partial charge is 0.116 e. The number of nitrogens with two attached hydrogens (primary N) is 1. The zero-order chi connectivity index (χ0) is 13.0. The van der Waals surface area contributed by atoms with Crippen molar-refractivity contribution in [3.05, 3.63) is 15.6 Å². The molecule has 0 aliphatic carbocycles. The van der Waals surface area contributed by atoms with Crippen LogP contribution in [0.4, 0.5) is 0 Å². The average molecular weight is 283 g/mol. The molecule has 0 spiro atoms. The van der Waals surface area contributed by atoms with Gasteiger partial charge in [-0.3, -0.25) is 4.90 Å². The van der Waals surface area contributed by atoms with Crippen molar-refractivity contribution >= 4 is 28.5 Å².